The van der Waals surface area contributed by atoms with Crippen molar-refractivity contribution in [1.82, 2.24) is 4.90 Å². The van der Waals surface area contributed by atoms with Crippen molar-refractivity contribution in [2.24, 2.45) is 5.92 Å². The number of ether oxygens (including phenoxy) is 3. The molecule has 3 aromatic rings. The van der Waals surface area contributed by atoms with Crippen LogP contribution in [0.3, 0.4) is 0 Å². The molecule has 39 heavy (non-hydrogen) atoms. The van der Waals surface area contributed by atoms with Gasteiger partial charge in [0.05, 0.1) is 26.2 Å². The summed E-state index contributed by atoms with van der Waals surface area (Å²) in [6.45, 7) is 3.48. The molecular weight excluding hydrogens is 490 g/mol. The van der Waals surface area contributed by atoms with Gasteiger partial charge in [-0.2, -0.15) is 0 Å². The van der Waals surface area contributed by atoms with E-state index in [1.54, 1.807) is 18.9 Å². The lowest BCUT2D eigenvalue weighted by atomic mass is 9.85. The van der Waals surface area contributed by atoms with Gasteiger partial charge in [0.25, 0.3) is 0 Å². The van der Waals surface area contributed by atoms with Crippen LogP contribution in [0.15, 0.2) is 72.8 Å². The first kappa shape index (κ1) is 26.9. The first-order chi connectivity index (χ1) is 19.1. The van der Waals surface area contributed by atoms with Crippen molar-refractivity contribution in [2.75, 3.05) is 20.3 Å². The van der Waals surface area contributed by atoms with Crippen LogP contribution < -0.4 is 4.74 Å². The molecule has 1 aliphatic heterocycles. The second-order valence-electron chi connectivity index (χ2n) is 10.4. The third-order valence-corrected chi connectivity index (χ3v) is 7.79. The van der Waals surface area contributed by atoms with E-state index < -0.39 is 12.0 Å². The molecule has 0 bridgehead atoms. The Bertz CT molecular complexity index is 1230. The molecule has 6 heteroatoms. The molecule has 0 spiro atoms. The lowest BCUT2D eigenvalue weighted by molar-refractivity contribution is -0.156. The summed E-state index contributed by atoms with van der Waals surface area (Å²) in [7, 11) is 1.65. The molecule has 1 fully saturated rings. The van der Waals surface area contributed by atoms with E-state index in [9.17, 15) is 9.59 Å². The lowest BCUT2D eigenvalue weighted by Crippen LogP contribution is -2.51. The molecule has 0 radical (unpaired) electrons. The monoisotopic (exact) mass is 527 g/mol. The molecule has 0 saturated heterocycles. The van der Waals surface area contributed by atoms with Crippen molar-refractivity contribution >= 4 is 11.9 Å². The van der Waals surface area contributed by atoms with Gasteiger partial charge in [0, 0.05) is 25.1 Å². The molecule has 1 unspecified atom stereocenters. The lowest BCUT2D eigenvalue weighted by Gasteiger charge is -2.38. The van der Waals surface area contributed by atoms with E-state index in [2.05, 4.69) is 0 Å². The normalized spacial score (nSPS) is 16.6. The van der Waals surface area contributed by atoms with Gasteiger partial charge < -0.3 is 19.1 Å². The van der Waals surface area contributed by atoms with Crippen molar-refractivity contribution in [3.63, 3.8) is 0 Å². The molecule has 1 heterocycles. The molecule has 2 aliphatic rings. The number of fused-ring (bicyclic) bond motifs is 1. The average molecular weight is 528 g/mol. The molecule has 1 atom stereocenters. The van der Waals surface area contributed by atoms with E-state index in [-0.39, 0.29) is 18.5 Å². The Labute approximate surface area is 230 Å². The van der Waals surface area contributed by atoms with Crippen LogP contribution in [0.4, 0.5) is 0 Å². The summed E-state index contributed by atoms with van der Waals surface area (Å²) in [5.74, 6) is 0.504. The first-order valence-electron chi connectivity index (χ1n) is 13.9. The number of amides is 1. The van der Waals surface area contributed by atoms with Crippen LogP contribution in [0.5, 0.6) is 5.75 Å². The van der Waals surface area contributed by atoms with E-state index in [0.29, 0.717) is 26.2 Å². The third kappa shape index (κ3) is 6.17. The Morgan fingerprint density at radius 1 is 0.949 bits per heavy atom. The smallest absolute Gasteiger partial charge is 0.329 e. The zero-order valence-corrected chi connectivity index (χ0v) is 22.8. The van der Waals surface area contributed by atoms with Crippen molar-refractivity contribution in [1.29, 1.82) is 0 Å². The minimum atomic E-state index is -0.739. The van der Waals surface area contributed by atoms with Crippen LogP contribution in [0, 0.1) is 5.92 Å². The van der Waals surface area contributed by atoms with Crippen molar-refractivity contribution in [3.8, 4) is 5.75 Å². The SMILES string of the molecule is CCOC(=O)C1Cc2c(ccc(OC)c2COCCC2CC2)CN1C(=O)C(c1ccccc1)c1ccccc1. The minimum Gasteiger partial charge on any atom is -0.496 e. The highest BCUT2D eigenvalue weighted by Gasteiger charge is 2.40. The highest BCUT2D eigenvalue weighted by Crippen LogP contribution is 2.37. The Morgan fingerprint density at radius 2 is 1.62 bits per heavy atom. The zero-order chi connectivity index (χ0) is 27.2. The quantitative estimate of drug-likeness (QED) is 0.238. The van der Waals surface area contributed by atoms with Crippen LogP contribution in [-0.2, 0) is 38.6 Å². The minimum absolute atomic E-state index is 0.117. The van der Waals surface area contributed by atoms with Gasteiger partial charge in [-0.05, 0) is 47.6 Å². The number of rotatable bonds is 11. The number of methoxy groups -OCH3 is 1. The number of carbonyl (C=O) groups is 2. The number of carbonyl (C=O) groups excluding carboxylic acids is 2. The molecule has 0 aromatic heterocycles. The Hall–Kier alpha value is -3.64. The van der Waals surface area contributed by atoms with E-state index in [1.165, 1.54) is 12.8 Å². The molecule has 0 N–H and O–H groups in total. The van der Waals surface area contributed by atoms with Gasteiger partial charge in [-0.1, -0.05) is 79.6 Å². The first-order valence-corrected chi connectivity index (χ1v) is 13.9. The maximum Gasteiger partial charge on any atom is 0.329 e. The number of hydrogen-bond donors (Lipinski definition) is 0. The highest BCUT2D eigenvalue weighted by atomic mass is 16.5. The third-order valence-electron chi connectivity index (χ3n) is 7.79. The van der Waals surface area contributed by atoms with Crippen LogP contribution in [-0.4, -0.2) is 43.1 Å². The summed E-state index contributed by atoms with van der Waals surface area (Å²) in [4.78, 5) is 29.4. The highest BCUT2D eigenvalue weighted by molar-refractivity contribution is 5.91. The fraction of sp³-hybridized carbons (Fsp3) is 0.394. The molecule has 204 valence electrons. The summed E-state index contributed by atoms with van der Waals surface area (Å²) in [6, 6.07) is 22.7. The van der Waals surface area contributed by atoms with Crippen molar-refractivity contribution in [2.45, 2.75) is 57.7 Å². The van der Waals surface area contributed by atoms with Gasteiger partial charge in [0.15, 0.2) is 0 Å². The van der Waals surface area contributed by atoms with Crippen LogP contribution >= 0.6 is 0 Å². The maximum absolute atomic E-state index is 14.4. The van der Waals surface area contributed by atoms with E-state index in [1.807, 2.05) is 72.8 Å². The van der Waals surface area contributed by atoms with Crippen molar-refractivity contribution < 1.29 is 23.8 Å². The molecule has 5 rings (SSSR count). The zero-order valence-electron chi connectivity index (χ0n) is 22.8. The molecule has 6 nitrogen and oxygen atoms in total. The predicted octanol–water partition coefficient (Wildman–Crippen LogP) is 5.66. The predicted molar refractivity (Wildman–Crippen MR) is 149 cm³/mol. The average Bonchev–Trinajstić information content (AvgIpc) is 3.80. The van der Waals surface area contributed by atoms with Gasteiger partial charge in [-0.25, -0.2) is 4.79 Å². The summed E-state index contributed by atoms with van der Waals surface area (Å²) < 4.78 is 17.3. The summed E-state index contributed by atoms with van der Waals surface area (Å²) in [5.41, 5.74) is 4.75. The Morgan fingerprint density at radius 3 is 2.21 bits per heavy atom. The summed E-state index contributed by atoms with van der Waals surface area (Å²) in [5, 5.41) is 0. The number of benzene rings is 3. The number of esters is 1. The van der Waals surface area contributed by atoms with Crippen LogP contribution in [0.2, 0.25) is 0 Å². The topological polar surface area (TPSA) is 65.1 Å². The van der Waals surface area contributed by atoms with Gasteiger partial charge in [-0.15, -0.1) is 0 Å². The van der Waals surface area contributed by atoms with Crippen LogP contribution in [0.1, 0.15) is 59.9 Å². The Balaban J connectivity index is 1.49. The van der Waals surface area contributed by atoms with Gasteiger partial charge >= 0.3 is 5.97 Å². The second kappa shape index (κ2) is 12.5. The second-order valence-corrected chi connectivity index (χ2v) is 10.4. The summed E-state index contributed by atoms with van der Waals surface area (Å²) in [6.07, 6.45) is 4.02. The molecule has 1 amide bonds. The molecule has 1 aliphatic carbocycles. The van der Waals surface area contributed by atoms with Crippen molar-refractivity contribution in [3.05, 3.63) is 101 Å². The fourth-order valence-corrected chi connectivity index (χ4v) is 5.51. The molecule has 1 saturated carbocycles. The molecule has 3 aromatic carbocycles. The Kier molecular flexibility index (Phi) is 8.62. The fourth-order valence-electron chi connectivity index (χ4n) is 5.51. The van der Waals surface area contributed by atoms with E-state index >= 15 is 0 Å². The van der Waals surface area contributed by atoms with E-state index in [4.69, 9.17) is 14.2 Å². The van der Waals surface area contributed by atoms with Gasteiger partial charge in [-0.3, -0.25) is 4.79 Å². The largest absolute Gasteiger partial charge is 0.496 e. The number of hydrogen-bond acceptors (Lipinski definition) is 5. The van der Waals surface area contributed by atoms with Crippen LogP contribution in [0.25, 0.3) is 0 Å². The molecular formula is C33H37NO5. The maximum atomic E-state index is 14.4. The van der Waals surface area contributed by atoms with Gasteiger partial charge in [0.1, 0.15) is 11.8 Å². The van der Waals surface area contributed by atoms with E-state index in [0.717, 1.165) is 45.9 Å². The summed E-state index contributed by atoms with van der Waals surface area (Å²) >= 11 is 0. The number of nitrogens with zero attached hydrogens (tertiary/aromatic N) is 1. The standard InChI is InChI=1S/C33H37NO5/c1-3-39-33(36)29-20-27-26(16-17-30(37-2)28(27)22-38-19-18-23-14-15-23)21-34(29)32(35)31(24-10-6-4-7-11-24)25-12-8-5-9-13-25/h4-13,16-17,23,29,31H,3,14-15,18-22H2,1-2H3. The van der Waals surface area contributed by atoms with Gasteiger partial charge in [0.2, 0.25) is 5.91 Å².